The molecule has 0 unspecified atom stereocenters. The van der Waals surface area contributed by atoms with Crippen molar-refractivity contribution in [3.63, 3.8) is 0 Å². The third-order valence-electron chi connectivity index (χ3n) is 2.48. The van der Waals surface area contributed by atoms with Crippen LogP contribution in [0.5, 0.6) is 0 Å². The Bertz CT molecular complexity index is 419. The summed E-state index contributed by atoms with van der Waals surface area (Å²) in [5.41, 5.74) is 1.83. The van der Waals surface area contributed by atoms with Gasteiger partial charge in [-0.3, -0.25) is 0 Å². The maximum Gasteiger partial charge on any atom is 0.198 e. The average Bonchev–Trinajstić information content (AvgIpc) is 2.83. The zero-order valence-electron chi connectivity index (χ0n) is 7.01. The van der Waals surface area contributed by atoms with Crippen LogP contribution >= 0.6 is 0 Å². The van der Waals surface area contributed by atoms with E-state index in [2.05, 4.69) is 10.2 Å². The second-order valence-electron chi connectivity index (χ2n) is 3.47. The number of nitrogens with zero attached hydrogens (tertiary/aromatic N) is 3. The molecule has 66 valence electrons. The molecule has 1 saturated carbocycles. The molecule has 0 spiro atoms. The molecule has 0 amide bonds. The Labute approximate surface area is 75.1 Å². The molecule has 3 rings (SSSR count). The molecule has 0 radical (unpaired) electrons. The Morgan fingerprint density at radius 2 is 2.23 bits per heavy atom. The number of aromatic nitrogens is 3. The summed E-state index contributed by atoms with van der Waals surface area (Å²) in [6.07, 6.45) is 3.99. The molecule has 4 nitrogen and oxygen atoms in total. The van der Waals surface area contributed by atoms with E-state index in [1.165, 1.54) is 17.6 Å². The second-order valence-corrected chi connectivity index (χ2v) is 3.47. The number of hydrogen-bond acceptors (Lipinski definition) is 3. The quantitative estimate of drug-likeness (QED) is 0.668. The van der Waals surface area contributed by atoms with Crippen LogP contribution in [-0.2, 0) is 0 Å². The van der Waals surface area contributed by atoms with Crippen molar-refractivity contribution in [2.45, 2.75) is 18.8 Å². The lowest BCUT2D eigenvalue weighted by Gasteiger charge is -2.08. The van der Waals surface area contributed by atoms with E-state index < -0.39 is 0 Å². The topological polar surface area (TPSA) is 50.9 Å². The highest BCUT2D eigenvalue weighted by molar-refractivity contribution is 5.55. The monoisotopic (exact) mass is 175 g/mol. The molecule has 0 aromatic heterocycles. The molecule has 2 aliphatic heterocycles. The van der Waals surface area contributed by atoms with E-state index in [1.807, 2.05) is 12.1 Å². The summed E-state index contributed by atoms with van der Waals surface area (Å²) in [6.45, 7) is 0. The first-order valence-electron chi connectivity index (χ1n) is 4.38. The highest BCUT2D eigenvalue weighted by Crippen LogP contribution is 2.40. The van der Waals surface area contributed by atoms with Crippen LogP contribution in [-0.4, -0.2) is 20.1 Å². The van der Waals surface area contributed by atoms with Crippen molar-refractivity contribution in [2.24, 2.45) is 0 Å². The van der Waals surface area contributed by atoms with Gasteiger partial charge in [-0.05, 0) is 25.0 Å². The Hall–Kier alpha value is -1.58. The molecular formula is C9H9N3O. The van der Waals surface area contributed by atoms with Crippen LogP contribution < -0.4 is 0 Å². The Kier molecular flexibility index (Phi) is 1.17. The fourth-order valence-electron chi connectivity index (χ4n) is 1.60. The molecule has 4 heteroatoms. The van der Waals surface area contributed by atoms with Gasteiger partial charge in [-0.1, -0.05) is 0 Å². The van der Waals surface area contributed by atoms with E-state index in [9.17, 15) is 5.21 Å². The lowest BCUT2D eigenvalue weighted by molar-refractivity contribution is 0.176. The summed E-state index contributed by atoms with van der Waals surface area (Å²) in [6, 6.07) is 3.90. The standard InChI is InChI=1S/C9H9N3O/c13-12-8(6-1-2-6)4-3-7-5-10-11-9(7)12/h3-6,13H,1-2H2. The van der Waals surface area contributed by atoms with Gasteiger partial charge >= 0.3 is 0 Å². The van der Waals surface area contributed by atoms with Gasteiger partial charge in [0.25, 0.3) is 0 Å². The summed E-state index contributed by atoms with van der Waals surface area (Å²) in [7, 11) is 0. The minimum Gasteiger partial charge on any atom is -0.427 e. The summed E-state index contributed by atoms with van der Waals surface area (Å²) < 4.78 is 1.17. The van der Waals surface area contributed by atoms with Gasteiger partial charge in [-0.25, -0.2) is 0 Å². The van der Waals surface area contributed by atoms with Crippen LogP contribution in [0.4, 0.5) is 0 Å². The van der Waals surface area contributed by atoms with Crippen molar-refractivity contribution >= 4 is 0 Å². The largest absolute Gasteiger partial charge is 0.427 e. The van der Waals surface area contributed by atoms with Crippen molar-refractivity contribution in [3.05, 3.63) is 24.0 Å². The molecule has 0 aromatic rings. The van der Waals surface area contributed by atoms with Crippen LogP contribution in [0.1, 0.15) is 24.5 Å². The van der Waals surface area contributed by atoms with Gasteiger partial charge in [0.2, 0.25) is 0 Å². The highest BCUT2D eigenvalue weighted by atomic mass is 16.5. The summed E-state index contributed by atoms with van der Waals surface area (Å²) in [5, 5.41) is 17.4. The maximum atomic E-state index is 9.76. The van der Waals surface area contributed by atoms with Crippen LogP contribution in [0.25, 0.3) is 11.4 Å². The third kappa shape index (κ3) is 0.915. The molecule has 3 aliphatic rings. The average molecular weight is 175 g/mol. The first-order valence-corrected chi connectivity index (χ1v) is 4.38. The molecule has 1 aliphatic carbocycles. The summed E-state index contributed by atoms with van der Waals surface area (Å²) >= 11 is 0. The lowest BCUT2D eigenvalue weighted by Crippen LogP contribution is -2.05. The van der Waals surface area contributed by atoms with Crippen molar-refractivity contribution < 1.29 is 5.21 Å². The zero-order chi connectivity index (χ0) is 8.84. The third-order valence-corrected chi connectivity index (χ3v) is 2.48. The first-order chi connectivity index (χ1) is 6.36. The van der Waals surface area contributed by atoms with E-state index in [1.54, 1.807) is 6.20 Å². The zero-order valence-corrected chi connectivity index (χ0v) is 7.01. The molecular weight excluding hydrogens is 166 g/mol. The number of hydrogen-bond donors (Lipinski definition) is 1. The Morgan fingerprint density at radius 1 is 1.38 bits per heavy atom. The van der Waals surface area contributed by atoms with E-state index in [0.717, 1.165) is 11.3 Å². The van der Waals surface area contributed by atoms with Crippen molar-refractivity contribution in [2.75, 3.05) is 0 Å². The molecule has 13 heavy (non-hydrogen) atoms. The van der Waals surface area contributed by atoms with E-state index >= 15 is 0 Å². The summed E-state index contributed by atoms with van der Waals surface area (Å²) in [4.78, 5) is 0. The normalized spacial score (nSPS) is 16.6. The maximum absolute atomic E-state index is 9.76. The van der Waals surface area contributed by atoms with Crippen LogP contribution in [0, 0.1) is 0 Å². The predicted molar refractivity (Wildman–Crippen MR) is 45.8 cm³/mol. The van der Waals surface area contributed by atoms with Crippen molar-refractivity contribution in [1.82, 2.24) is 14.9 Å². The number of pyridine rings is 1. The number of fused-ring (bicyclic) bond motifs is 1. The molecule has 1 fully saturated rings. The van der Waals surface area contributed by atoms with Gasteiger partial charge in [-0.15, -0.1) is 5.10 Å². The minimum absolute atomic E-state index is 0.520. The van der Waals surface area contributed by atoms with E-state index in [4.69, 9.17) is 0 Å². The van der Waals surface area contributed by atoms with Gasteiger partial charge in [-0.2, -0.15) is 9.83 Å². The molecule has 0 aromatic carbocycles. The fraction of sp³-hybridized carbons (Fsp3) is 0.333. The number of rotatable bonds is 1. The van der Waals surface area contributed by atoms with Crippen molar-refractivity contribution in [3.8, 4) is 11.4 Å². The van der Waals surface area contributed by atoms with Gasteiger partial charge in [0.1, 0.15) is 0 Å². The van der Waals surface area contributed by atoms with E-state index in [-0.39, 0.29) is 0 Å². The fourth-order valence-corrected chi connectivity index (χ4v) is 1.60. The van der Waals surface area contributed by atoms with E-state index in [0.29, 0.717) is 11.7 Å². The molecule has 0 atom stereocenters. The SMILES string of the molecule is On1c(C2CC2)ccc2cnnc1-2. The van der Waals surface area contributed by atoms with Gasteiger partial charge < -0.3 is 5.21 Å². The Morgan fingerprint density at radius 3 is 3.00 bits per heavy atom. The molecule has 0 bridgehead atoms. The predicted octanol–water partition coefficient (Wildman–Crippen LogP) is 1.50. The lowest BCUT2D eigenvalue weighted by atomic mass is 10.2. The summed E-state index contributed by atoms with van der Waals surface area (Å²) in [5.74, 6) is 1.08. The second kappa shape index (κ2) is 2.22. The Balaban J connectivity index is 2.25. The smallest absolute Gasteiger partial charge is 0.198 e. The van der Waals surface area contributed by atoms with Gasteiger partial charge in [0.05, 0.1) is 11.9 Å². The molecule has 0 saturated heterocycles. The first kappa shape index (κ1) is 6.88. The van der Waals surface area contributed by atoms with Crippen LogP contribution in [0.2, 0.25) is 0 Å². The van der Waals surface area contributed by atoms with Crippen molar-refractivity contribution in [1.29, 1.82) is 0 Å². The van der Waals surface area contributed by atoms with Gasteiger partial charge in [0.15, 0.2) is 5.82 Å². The van der Waals surface area contributed by atoms with Gasteiger partial charge in [0, 0.05) is 11.5 Å². The molecule has 2 heterocycles. The van der Waals surface area contributed by atoms with Crippen LogP contribution in [0.3, 0.4) is 0 Å². The molecule has 1 N–H and O–H groups in total. The van der Waals surface area contributed by atoms with Crippen LogP contribution in [0.15, 0.2) is 18.3 Å². The minimum atomic E-state index is 0.520. The highest BCUT2D eigenvalue weighted by Gasteiger charge is 2.28.